The number of rotatable bonds is 21. The van der Waals surface area contributed by atoms with E-state index < -0.39 is 37.7 Å². The maximum Gasteiger partial charge on any atom is 0.684 e. The maximum atomic E-state index is 12.2. The summed E-state index contributed by atoms with van der Waals surface area (Å²) in [5.74, 6) is -1.16. The van der Waals surface area contributed by atoms with Crippen molar-refractivity contribution in [1.29, 1.82) is 0 Å². The average molecular weight is 507 g/mol. The summed E-state index contributed by atoms with van der Waals surface area (Å²) < 4.78 is 87.4. The monoisotopic (exact) mass is 506 g/mol. The van der Waals surface area contributed by atoms with Crippen LogP contribution in [0.25, 0.3) is 0 Å². The largest absolute Gasteiger partial charge is 0.684 e. The molecular weight excluding hydrogens is 467 g/mol. The number of hydrogen-bond acceptors (Lipinski definition) is 9. The van der Waals surface area contributed by atoms with Crippen molar-refractivity contribution in [3.63, 3.8) is 0 Å². The van der Waals surface area contributed by atoms with Crippen LogP contribution in [-0.2, 0) is 42.7 Å². The molecule has 0 aromatic rings. The molecule has 0 unspecified atom stereocenters. The Morgan fingerprint density at radius 3 is 0.935 bits per heavy atom. The molecule has 0 amide bonds. The topological polar surface area (TPSA) is 130 Å². The summed E-state index contributed by atoms with van der Waals surface area (Å²) in [5, 5.41) is 0. The van der Waals surface area contributed by atoms with Crippen LogP contribution in [-0.4, -0.2) is 49.8 Å². The Morgan fingerprint density at radius 2 is 0.710 bits per heavy atom. The van der Waals surface area contributed by atoms with Crippen molar-refractivity contribution in [1.82, 2.24) is 0 Å². The summed E-state index contributed by atoms with van der Waals surface area (Å²) in [6.45, 7) is 5.92. The van der Waals surface area contributed by atoms with Gasteiger partial charge in [-0.25, -0.2) is 25.3 Å². The fourth-order valence-corrected chi connectivity index (χ4v) is 5.73. The van der Waals surface area contributed by atoms with Gasteiger partial charge in [-0.1, -0.05) is 78.6 Å². The Kier molecular flexibility index (Phi) is 16.3. The van der Waals surface area contributed by atoms with E-state index in [1.54, 1.807) is 0 Å². The smallest absolute Gasteiger partial charge is 0.270 e. The standard InChI is InChI=1S/C18H39BO9S3/c1-4-7-10-13-16-29(20,21)26-19(27-30(22,23)17-14-11-8-5-2)28-31(24,25)18-15-12-9-6-3/h4-18H2,1-3H3. The summed E-state index contributed by atoms with van der Waals surface area (Å²) in [7, 11) is -15.1. The van der Waals surface area contributed by atoms with Gasteiger partial charge in [-0.15, -0.1) is 0 Å². The molecule has 0 rings (SSSR count). The maximum absolute atomic E-state index is 12.2. The van der Waals surface area contributed by atoms with E-state index in [0.29, 0.717) is 38.5 Å². The minimum absolute atomic E-state index is 0.302. The van der Waals surface area contributed by atoms with E-state index in [1.165, 1.54) is 0 Å². The van der Waals surface area contributed by atoms with Crippen LogP contribution in [0.2, 0.25) is 0 Å². The second-order valence-corrected chi connectivity index (χ2v) is 12.7. The first-order valence-corrected chi connectivity index (χ1v) is 15.9. The predicted octanol–water partition coefficient (Wildman–Crippen LogP) is 3.75. The fourth-order valence-electron chi connectivity index (χ4n) is 2.67. The molecule has 0 spiro atoms. The lowest BCUT2D eigenvalue weighted by Gasteiger charge is -2.14. The molecule has 0 aliphatic carbocycles. The van der Waals surface area contributed by atoms with Gasteiger partial charge >= 0.3 is 7.32 Å². The van der Waals surface area contributed by atoms with Gasteiger partial charge in [0.2, 0.25) is 0 Å². The van der Waals surface area contributed by atoms with Crippen molar-refractivity contribution < 1.29 is 37.6 Å². The van der Waals surface area contributed by atoms with E-state index >= 15 is 0 Å². The molecule has 0 fully saturated rings. The third kappa shape index (κ3) is 18.0. The molecule has 0 heterocycles. The molecule has 9 nitrogen and oxygen atoms in total. The van der Waals surface area contributed by atoms with E-state index in [9.17, 15) is 25.3 Å². The third-order valence-corrected chi connectivity index (χ3v) is 8.14. The van der Waals surface area contributed by atoms with Crippen molar-refractivity contribution in [3.05, 3.63) is 0 Å². The normalized spacial score (nSPS) is 12.9. The van der Waals surface area contributed by atoms with Crippen LogP contribution in [0.15, 0.2) is 0 Å². The van der Waals surface area contributed by atoms with Gasteiger partial charge in [0.15, 0.2) is 0 Å². The summed E-state index contributed by atoms with van der Waals surface area (Å²) in [5.41, 5.74) is 0. The van der Waals surface area contributed by atoms with Crippen molar-refractivity contribution in [3.8, 4) is 0 Å². The highest BCUT2D eigenvalue weighted by molar-refractivity contribution is 7.90. The molecule has 31 heavy (non-hydrogen) atoms. The van der Waals surface area contributed by atoms with Gasteiger partial charge in [0, 0.05) is 0 Å². The summed E-state index contributed by atoms with van der Waals surface area (Å²) in [6.07, 6.45) is 8.08. The highest BCUT2D eigenvalue weighted by Crippen LogP contribution is 2.14. The van der Waals surface area contributed by atoms with Crippen LogP contribution in [0.4, 0.5) is 0 Å². The minimum Gasteiger partial charge on any atom is -0.270 e. The van der Waals surface area contributed by atoms with Crippen molar-refractivity contribution in [2.75, 3.05) is 17.3 Å². The number of hydrogen-bond donors (Lipinski definition) is 0. The van der Waals surface area contributed by atoms with Gasteiger partial charge in [0.25, 0.3) is 30.4 Å². The molecule has 13 heteroatoms. The molecule has 0 aromatic heterocycles. The highest BCUT2D eigenvalue weighted by atomic mass is 32.2. The molecule has 0 N–H and O–H groups in total. The summed E-state index contributed by atoms with van der Waals surface area (Å²) in [4.78, 5) is 0. The van der Waals surface area contributed by atoms with Crippen LogP contribution in [0, 0.1) is 0 Å². The Balaban J connectivity index is 5.15. The zero-order valence-corrected chi connectivity index (χ0v) is 21.5. The zero-order valence-electron chi connectivity index (χ0n) is 19.1. The molecule has 0 radical (unpaired) electrons. The van der Waals surface area contributed by atoms with Gasteiger partial charge in [-0.05, 0) is 19.3 Å². The van der Waals surface area contributed by atoms with E-state index in [2.05, 4.69) is 0 Å². The van der Waals surface area contributed by atoms with E-state index in [-0.39, 0.29) is 17.3 Å². The minimum atomic E-state index is -4.24. The lowest BCUT2D eigenvalue weighted by atomic mass is 10.2. The Bertz CT molecular complexity index is 660. The van der Waals surface area contributed by atoms with Gasteiger partial charge in [-0.2, -0.15) is 0 Å². The molecule has 0 aliphatic rings. The molecule has 0 saturated carbocycles. The zero-order chi connectivity index (χ0) is 23.8. The average Bonchev–Trinajstić information content (AvgIpc) is 2.65. The van der Waals surface area contributed by atoms with Crippen LogP contribution in [0.3, 0.4) is 0 Å². The summed E-state index contributed by atoms with van der Waals surface area (Å²) in [6, 6.07) is 0. The molecule has 0 bridgehead atoms. The van der Waals surface area contributed by atoms with Crippen LogP contribution in [0.5, 0.6) is 0 Å². The lowest BCUT2D eigenvalue weighted by Crippen LogP contribution is -2.36. The van der Waals surface area contributed by atoms with Crippen LogP contribution in [0.1, 0.15) is 97.8 Å². The van der Waals surface area contributed by atoms with E-state index in [0.717, 1.165) is 38.5 Å². The van der Waals surface area contributed by atoms with Crippen LogP contribution < -0.4 is 0 Å². The van der Waals surface area contributed by atoms with Crippen LogP contribution >= 0.6 is 0 Å². The van der Waals surface area contributed by atoms with Crippen molar-refractivity contribution >= 4 is 37.7 Å². The SMILES string of the molecule is CCCCCCS(=O)(=O)OB(OS(=O)(=O)CCCCCC)OS(=O)(=O)CCCCCC. The van der Waals surface area contributed by atoms with Crippen molar-refractivity contribution in [2.45, 2.75) is 97.8 Å². The third-order valence-electron chi connectivity index (χ3n) is 4.42. The molecule has 0 atom stereocenters. The number of unbranched alkanes of at least 4 members (excludes halogenated alkanes) is 9. The van der Waals surface area contributed by atoms with Gasteiger partial charge in [0.05, 0.1) is 17.3 Å². The first kappa shape index (κ1) is 30.8. The predicted molar refractivity (Wildman–Crippen MR) is 123 cm³/mol. The van der Waals surface area contributed by atoms with Gasteiger partial charge in [-0.3, -0.25) is 12.3 Å². The fraction of sp³-hybridized carbons (Fsp3) is 1.00. The highest BCUT2D eigenvalue weighted by Gasteiger charge is 2.38. The quantitative estimate of drug-likeness (QED) is 0.169. The molecular formula is C18H39BO9S3. The molecule has 186 valence electrons. The van der Waals surface area contributed by atoms with E-state index in [1.807, 2.05) is 20.8 Å². The second-order valence-electron chi connectivity index (χ2n) is 7.54. The molecule has 0 aliphatic heterocycles. The van der Waals surface area contributed by atoms with Crippen molar-refractivity contribution in [2.24, 2.45) is 0 Å². The Hall–Kier alpha value is -0.205. The Morgan fingerprint density at radius 1 is 0.452 bits per heavy atom. The van der Waals surface area contributed by atoms with E-state index in [4.69, 9.17) is 12.3 Å². The molecule has 0 aromatic carbocycles. The summed E-state index contributed by atoms with van der Waals surface area (Å²) >= 11 is 0. The second kappa shape index (κ2) is 16.4. The lowest BCUT2D eigenvalue weighted by molar-refractivity contribution is 0.310. The van der Waals surface area contributed by atoms with Gasteiger partial charge < -0.3 is 0 Å². The first-order valence-electron chi connectivity index (χ1n) is 11.2. The van der Waals surface area contributed by atoms with Gasteiger partial charge in [0.1, 0.15) is 0 Å². The first-order chi connectivity index (χ1) is 14.5. The Labute approximate surface area is 190 Å². The molecule has 0 saturated heterocycles.